The van der Waals surface area contributed by atoms with Crippen LogP contribution in [0.5, 0.6) is 5.75 Å². The minimum absolute atomic E-state index is 0.370. The first-order chi connectivity index (χ1) is 8.69. The fourth-order valence-electron chi connectivity index (χ4n) is 1.64. The molecule has 0 fully saturated rings. The predicted octanol–water partition coefficient (Wildman–Crippen LogP) is 2.84. The molecule has 0 aliphatic rings. The van der Waals surface area contributed by atoms with Gasteiger partial charge in [0.25, 0.3) is 0 Å². The van der Waals surface area contributed by atoms with Crippen molar-refractivity contribution in [1.82, 2.24) is 5.16 Å². The summed E-state index contributed by atoms with van der Waals surface area (Å²) in [6, 6.07) is 9.89. The van der Waals surface area contributed by atoms with Gasteiger partial charge >= 0.3 is 0 Å². The van der Waals surface area contributed by atoms with Crippen molar-refractivity contribution in [3.8, 4) is 5.75 Å². The zero-order chi connectivity index (χ0) is 13.0. The lowest BCUT2D eigenvalue weighted by atomic mass is 10.0. The standard InChI is InChI=1S/C14H18N2O2/c1-10(2)11-4-3-5-13(6-11)17-9-14-7-12(8-15)16-18-14/h3-7,10H,8-9,15H2,1-2H3. The minimum atomic E-state index is 0.370. The lowest BCUT2D eigenvalue weighted by Crippen LogP contribution is -1.96. The van der Waals surface area contributed by atoms with Gasteiger partial charge in [0.2, 0.25) is 0 Å². The van der Waals surface area contributed by atoms with Crippen LogP contribution in [0.4, 0.5) is 0 Å². The van der Waals surface area contributed by atoms with E-state index in [1.54, 1.807) is 0 Å². The quantitative estimate of drug-likeness (QED) is 0.881. The molecular formula is C14H18N2O2. The first kappa shape index (κ1) is 12.6. The Morgan fingerprint density at radius 3 is 2.83 bits per heavy atom. The summed E-state index contributed by atoms with van der Waals surface area (Å²) < 4.78 is 10.8. The number of hydrogen-bond donors (Lipinski definition) is 1. The molecule has 0 atom stereocenters. The Morgan fingerprint density at radius 2 is 2.17 bits per heavy atom. The van der Waals surface area contributed by atoms with Crippen LogP contribution in [-0.2, 0) is 13.2 Å². The number of aromatic nitrogens is 1. The molecule has 0 bridgehead atoms. The lowest BCUT2D eigenvalue weighted by molar-refractivity contribution is 0.248. The maximum Gasteiger partial charge on any atom is 0.174 e. The fourth-order valence-corrected chi connectivity index (χ4v) is 1.64. The van der Waals surface area contributed by atoms with Crippen molar-refractivity contribution in [3.63, 3.8) is 0 Å². The van der Waals surface area contributed by atoms with Crippen LogP contribution in [0.25, 0.3) is 0 Å². The smallest absolute Gasteiger partial charge is 0.174 e. The first-order valence-corrected chi connectivity index (χ1v) is 6.06. The van der Waals surface area contributed by atoms with Gasteiger partial charge in [-0.2, -0.15) is 0 Å². The van der Waals surface area contributed by atoms with Gasteiger partial charge in [0.05, 0.1) is 5.69 Å². The maximum absolute atomic E-state index is 5.67. The van der Waals surface area contributed by atoms with Crippen molar-refractivity contribution in [2.75, 3.05) is 0 Å². The highest BCUT2D eigenvalue weighted by molar-refractivity contribution is 5.30. The van der Waals surface area contributed by atoms with Crippen molar-refractivity contribution in [2.45, 2.75) is 32.9 Å². The van der Waals surface area contributed by atoms with Crippen LogP contribution in [0.1, 0.15) is 36.8 Å². The third kappa shape index (κ3) is 3.11. The molecule has 0 radical (unpaired) electrons. The van der Waals surface area contributed by atoms with Crippen molar-refractivity contribution in [2.24, 2.45) is 5.73 Å². The van der Waals surface area contributed by atoms with Crippen LogP contribution in [0.2, 0.25) is 0 Å². The minimum Gasteiger partial charge on any atom is -0.486 e. The Balaban J connectivity index is 1.99. The highest BCUT2D eigenvalue weighted by Crippen LogP contribution is 2.21. The second-order valence-electron chi connectivity index (χ2n) is 4.50. The van der Waals surface area contributed by atoms with Gasteiger partial charge in [-0.05, 0) is 23.6 Å². The maximum atomic E-state index is 5.67. The number of ether oxygens (including phenoxy) is 1. The monoisotopic (exact) mass is 246 g/mol. The van der Waals surface area contributed by atoms with Crippen LogP contribution >= 0.6 is 0 Å². The summed E-state index contributed by atoms with van der Waals surface area (Å²) in [5.74, 6) is 2.01. The molecule has 0 aliphatic carbocycles. The van der Waals surface area contributed by atoms with E-state index in [-0.39, 0.29) is 0 Å². The molecule has 1 aromatic carbocycles. The number of nitrogens with zero attached hydrogens (tertiary/aromatic N) is 1. The lowest BCUT2D eigenvalue weighted by Gasteiger charge is -2.08. The molecule has 2 aromatic rings. The van der Waals surface area contributed by atoms with Gasteiger partial charge in [0.1, 0.15) is 12.4 Å². The van der Waals surface area contributed by atoms with Crippen LogP contribution < -0.4 is 10.5 Å². The number of hydrogen-bond acceptors (Lipinski definition) is 4. The summed E-state index contributed by atoms with van der Waals surface area (Å²) in [7, 11) is 0. The van der Waals surface area contributed by atoms with Gasteiger partial charge < -0.3 is 15.0 Å². The van der Waals surface area contributed by atoms with Gasteiger partial charge in [0, 0.05) is 12.6 Å². The van der Waals surface area contributed by atoms with Crippen LogP contribution in [0.15, 0.2) is 34.9 Å². The molecule has 0 saturated carbocycles. The van der Waals surface area contributed by atoms with Gasteiger partial charge in [-0.25, -0.2) is 0 Å². The summed E-state index contributed by atoms with van der Waals surface area (Å²) in [6.07, 6.45) is 0. The van der Waals surface area contributed by atoms with Gasteiger partial charge in [-0.1, -0.05) is 31.1 Å². The largest absolute Gasteiger partial charge is 0.486 e. The van der Waals surface area contributed by atoms with Crippen LogP contribution in [0.3, 0.4) is 0 Å². The molecule has 1 aromatic heterocycles. The van der Waals surface area contributed by atoms with E-state index >= 15 is 0 Å². The van der Waals surface area contributed by atoms with Crippen molar-refractivity contribution in [1.29, 1.82) is 0 Å². The van der Waals surface area contributed by atoms with Crippen LogP contribution in [-0.4, -0.2) is 5.16 Å². The Kier molecular flexibility index (Phi) is 3.99. The summed E-state index contributed by atoms with van der Waals surface area (Å²) in [4.78, 5) is 0. The molecule has 2 N–H and O–H groups in total. The SMILES string of the molecule is CC(C)c1cccc(OCc2cc(CN)no2)c1. The fraction of sp³-hybridized carbons (Fsp3) is 0.357. The molecular weight excluding hydrogens is 228 g/mol. The highest BCUT2D eigenvalue weighted by Gasteiger charge is 2.05. The summed E-state index contributed by atoms with van der Waals surface area (Å²) >= 11 is 0. The first-order valence-electron chi connectivity index (χ1n) is 6.06. The molecule has 4 heteroatoms. The topological polar surface area (TPSA) is 61.3 Å². The van der Waals surface area contributed by atoms with E-state index in [2.05, 4.69) is 25.1 Å². The second kappa shape index (κ2) is 5.69. The third-order valence-electron chi connectivity index (χ3n) is 2.72. The van der Waals surface area contributed by atoms with Crippen molar-refractivity contribution in [3.05, 3.63) is 47.3 Å². The van der Waals surface area contributed by atoms with Crippen molar-refractivity contribution < 1.29 is 9.26 Å². The zero-order valence-electron chi connectivity index (χ0n) is 10.7. The molecule has 4 nitrogen and oxygen atoms in total. The molecule has 0 amide bonds. The Hall–Kier alpha value is -1.81. The molecule has 96 valence electrons. The Labute approximate surface area is 107 Å². The Morgan fingerprint density at radius 1 is 1.33 bits per heavy atom. The van der Waals surface area contributed by atoms with E-state index in [0.717, 1.165) is 11.4 Å². The molecule has 0 saturated heterocycles. The molecule has 2 rings (SSSR count). The van der Waals surface area contributed by atoms with E-state index in [0.29, 0.717) is 24.8 Å². The van der Waals surface area contributed by atoms with E-state index in [1.807, 2.05) is 24.3 Å². The van der Waals surface area contributed by atoms with E-state index in [9.17, 15) is 0 Å². The number of benzene rings is 1. The third-order valence-corrected chi connectivity index (χ3v) is 2.72. The molecule has 0 unspecified atom stereocenters. The highest BCUT2D eigenvalue weighted by atomic mass is 16.5. The summed E-state index contributed by atoms with van der Waals surface area (Å²) in [5, 5.41) is 3.81. The molecule has 0 spiro atoms. The number of nitrogens with two attached hydrogens (primary N) is 1. The summed E-state index contributed by atoms with van der Waals surface area (Å²) in [5.41, 5.74) is 7.46. The van der Waals surface area contributed by atoms with Gasteiger partial charge in [0.15, 0.2) is 5.76 Å². The molecule has 0 aliphatic heterocycles. The van der Waals surface area contributed by atoms with Crippen molar-refractivity contribution >= 4 is 0 Å². The predicted molar refractivity (Wildman–Crippen MR) is 69.3 cm³/mol. The number of rotatable bonds is 5. The molecule has 18 heavy (non-hydrogen) atoms. The van der Waals surface area contributed by atoms with Gasteiger partial charge in [-0.15, -0.1) is 0 Å². The normalized spacial score (nSPS) is 10.9. The molecule has 1 heterocycles. The Bertz CT molecular complexity index is 506. The van der Waals surface area contributed by atoms with E-state index < -0.39 is 0 Å². The second-order valence-corrected chi connectivity index (χ2v) is 4.50. The zero-order valence-corrected chi connectivity index (χ0v) is 10.7. The van der Waals surface area contributed by atoms with Gasteiger partial charge in [-0.3, -0.25) is 0 Å². The average molecular weight is 246 g/mol. The summed E-state index contributed by atoms with van der Waals surface area (Å²) in [6.45, 7) is 5.06. The van der Waals surface area contributed by atoms with Crippen LogP contribution in [0, 0.1) is 0 Å². The van der Waals surface area contributed by atoms with E-state index in [4.69, 9.17) is 15.0 Å². The van der Waals surface area contributed by atoms with E-state index in [1.165, 1.54) is 5.56 Å². The average Bonchev–Trinajstić information content (AvgIpc) is 2.84.